The topological polar surface area (TPSA) is 80.0 Å². The van der Waals surface area contributed by atoms with E-state index >= 15 is 0 Å². The standard InChI is InChI=1S/C22H23ClN4O3/c1-12-20(23)13(2)27-21(24-12)15-10-26(11-16(15)25-27)22(29)14-6-3-4-8-18(14)30-19-9-5-7-17(19)28/h3-4,6,8,17,19,28H,5,7,9-11H2,1-2H3/t17-,19-/m0/s1. The van der Waals surface area contributed by atoms with Crippen LogP contribution in [0.3, 0.4) is 0 Å². The summed E-state index contributed by atoms with van der Waals surface area (Å²) >= 11 is 6.32. The lowest BCUT2D eigenvalue weighted by molar-refractivity contribution is 0.0573. The first-order chi connectivity index (χ1) is 14.4. The van der Waals surface area contributed by atoms with Crippen LogP contribution in [-0.4, -0.2) is 42.7 Å². The van der Waals surface area contributed by atoms with Crippen molar-refractivity contribution in [1.29, 1.82) is 0 Å². The number of halogens is 1. The van der Waals surface area contributed by atoms with Crippen molar-refractivity contribution >= 4 is 23.2 Å². The number of aryl methyl sites for hydroxylation is 2. The maximum absolute atomic E-state index is 13.3. The molecular weight excluding hydrogens is 404 g/mol. The summed E-state index contributed by atoms with van der Waals surface area (Å²) in [7, 11) is 0. The van der Waals surface area contributed by atoms with Crippen LogP contribution < -0.4 is 4.74 Å². The third-order valence-corrected chi connectivity index (χ3v) is 6.60. The zero-order chi connectivity index (χ0) is 21.0. The summed E-state index contributed by atoms with van der Waals surface area (Å²) in [6, 6.07) is 7.24. The minimum Gasteiger partial charge on any atom is -0.487 e. The van der Waals surface area contributed by atoms with E-state index in [1.165, 1.54) is 0 Å². The lowest BCUT2D eigenvalue weighted by Gasteiger charge is -2.21. The number of aliphatic hydroxyl groups is 1. The van der Waals surface area contributed by atoms with E-state index in [2.05, 4.69) is 10.1 Å². The van der Waals surface area contributed by atoms with Crippen LogP contribution in [0.15, 0.2) is 24.3 Å². The minimum atomic E-state index is -0.484. The second kappa shape index (κ2) is 7.25. The number of amides is 1. The fourth-order valence-corrected chi connectivity index (χ4v) is 4.50. The highest BCUT2D eigenvalue weighted by Gasteiger charge is 2.33. The highest BCUT2D eigenvalue weighted by molar-refractivity contribution is 6.31. The van der Waals surface area contributed by atoms with Gasteiger partial charge in [-0.05, 0) is 45.2 Å². The molecule has 7 nitrogen and oxygen atoms in total. The lowest BCUT2D eigenvalue weighted by atomic mass is 10.1. The maximum atomic E-state index is 13.3. The molecule has 0 unspecified atom stereocenters. The molecule has 156 valence electrons. The molecule has 0 spiro atoms. The number of carbonyl (C=O) groups is 1. The highest BCUT2D eigenvalue weighted by Crippen LogP contribution is 2.32. The fraction of sp³-hybridized carbons (Fsp3) is 0.409. The van der Waals surface area contributed by atoms with E-state index in [0.29, 0.717) is 29.4 Å². The van der Waals surface area contributed by atoms with Crippen molar-refractivity contribution in [1.82, 2.24) is 19.5 Å². The van der Waals surface area contributed by atoms with Crippen LogP contribution in [0.5, 0.6) is 5.75 Å². The van der Waals surface area contributed by atoms with Gasteiger partial charge in [-0.1, -0.05) is 23.7 Å². The van der Waals surface area contributed by atoms with Crippen LogP contribution in [0.2, 0.25) is 5.02 Å². The van der Waals surface area contributed by atoms with E-state index in [4.69, 9.17) is 16.3 Å². The number of aromatic nitrogens is 3. The molecule has 1 fully saturated rings. The molecule has 1 aliphatic carbocycles. The number of hydrogen-bond acceptors (Lipinski definition) is 5. The normalized spacial score (nSPS) is 20.7. The number of hydrogen-bond donors (Lipinski definition) is 1. The van der Waals surface area contributed by atoms with E-state index in [-0.39, 0.29) is 12.0 Å². The summed E-state index contributed by atoms with van der Waals surface area (Å²) < 4.78 is 7.79. The maximum Gasteiger partial charge on any atom is 0.258 e. The monoisotopic (exact) mass is 426 g/mol. The number of para-hydroxylation sites is 1. The zero-order valence-electron chi connectivity index (χ0n) is 16.9. The van der Waals surface area contributed by atoms with Gasteiger partial charge in [0.25, 0.3) is 5.91 Å². The molecule has 1 aromatic carbocycles. The molecule has 2 atom stereocenters. The Morgan fingerprint density at radius 1 is 1.23 bits per heavy atom. The highest BCUT2D eigenvalue weighted by atomic mass is 35.5. The van der Waals surface area contributed by atoms with Gasteiger partial charge in [0.15, 0.2) is 5.65 Å². The molecule has 1 aliphatic heterocycles. The number of rotatable bonds is 3. The van der Waals surface area contributed by atoms with Gasteiger partial charge in [-0.15, -0.1) is 0 Å². The summed E-state index contributed by atoms with van der Waals surface area (Å²) in [6.07, 6.45) is 1.71. The van der Waals surface area contributed by atoms with Crippen molar-refractivity contribution in [2.45, 2.75) is 58.4 Å². The van der Waals surface area contributed by atoms with Gasteiger partial charge in [0, 0.05) is 5.56 Å². The largest absolute Gasteiger partial charge is 0.487 e. The first-order valence-corrected chi connectivity index (χ1v) is 10.6. The Labute approximate surface area is 179 Å². The van der Waals surface area contributed by atoms with Crippen LogP contribution in [0.4, 0.5) is 0 Å². The first kappa shape index (κ1) is 19.3. The Balaban J connectivity index is 1.42. The van der Waals surface area contributed by atoms with E-state index in [1.54, 1.807) is 21.5 Å². The molecule has 1 saturated carbocycles. The minimum absolute atomic E-state index is 0.114. The molecule has 1 amide bonds. The Hall–Kier alpha value is -2.64. The molecule has 3 heterocycles. The summed E-state index contributed by atoms with van der Waals surface area (Å²) in [4.78, 5) is 19.7. The molecule has 0 radical (unpaired) electrons. The zero-order valence-corrected chi connectivity index (χ0v) is 17.7. The predicted molar refractivity (Wildman–Crippen MR) is 112 cm³/mol. The Morgan fingerprint density at radius 3 is 2.80 bits per heavy atom. The van der Waals surface area contributed by atoms with E-state index in [0.717, 1.165) is 47.6 Å². The third kappa shape index (κ3) is 3.04. The molecule has 1 N–H and O–H groups in total. The van der Waals surface area contributed by atoms with Crippen molar-refractivity contribution in [2.24, 2.45) is 0 Å². The van der Waals surface area contributed by atoms with Crippen molar-refractivity contribution < 1.29 is 14.6 Å². The smallest absolute Gasteiger partial charge is 0.258 e. The van der Waals surface area contributed by atoms with Gasteiger partial charge in [-0.25, -0.2) is 9.50 Å². The molecule has 2 aliphatic rings. The number of ether oxygens (including phenoxy) is 1. The molecule has 2 aromatic heterocycles. The Kier molecular flexibility index (Phi) is 4.67. The van der Waals surface area contributed by atoms with Gasteiger partial charge >= 0.3 is 0 Å². The van der Waals surface area contributed by atoms with Gasteiger partial charge in [0.2, 0.25) is 0 Å². The van der Waals surface area contributed by atoms with E-state index < -0.39 is 6.10 Å². The van der Waals surface area contributed by atoms with Gasteiger partial charge in [0.05, 0.1) is 46.9 Å². The fourth-order valence-electron chi connectivity index (χ4n) is 4.38. The van der Waals surface area contributed by atoms with Gasteiger partial charge in [-0.3, -0.25) is 4.79 Å². The van der Waals surface area contributed by atoms with E-state index in [1.807, 2.05) is 26.0 Å². The number of carbonyl (C=O) groups excluding carboxylic acids is 1. The summed E-state index contributed by atoms with van der Waals surface area (Å²) in [6.45, 7) is 4.64. The van der Waals surface area contributed by atoms with Crippen molar-refractivity contribution in [3.63, 3.8) is 0 Å². The molecule has 30 heavy (non-hydrogen) atoms. The Morgan fingerprint density at radius 2 is 2.03 bits per heavy atom. The molecule has 3 aromatic rings. The Bertz CT molecular complexity index is 1160. The summed E-state index contributed by atoms with van der Waals surface area (Å²) in [5.74, 6) is 0.403. The average Bonchev–Trinajstić information content (AvgIpc) is 3.42. The third-order valence-electron chi connectivity index (χ3n) is 6.06. The molecular formula is C22H23ClN4O3. The van der Waals surface area contributed by atoms with Crippen LogP contribution in [0.1, 0.15) is 52.3 Å². The van der Waals surface area contributed by atoms with Gasteiger partial charge in [-0.2, -0.15) is 5.10 Å². The number of fused-ring (bicyclic) bond motifs is 3. The van der Waals surface area contributed by atoms with Crippen LogP contribution in [0, 0.1) is 13.8 Å². The second-order valence-electron chi connectivity index (χ2n) is 8.07. The van der Waals surface area contributed by atoms with Crippen LogP contribution in [0.25, 0.3) is 5.65 Å². The molecule has 5 rings (SSSR count). The lowest BCUT2D eigenvalue weighted by Crippen LogP contribution is -2.29. The summed E-state index contributed by atoms with van der Waals surface area (Å²) in [5.41, 5.74) is 4.64. The van der Waals surface area contributed by atoms with Crippen molar-refractivity contribution in [3.8, 4) is 5.75 Å². The molecule has 0 saturated heterocycles. The second-order valence-corrected chi connectivity index (χ2v) is 8.45. The SMILES string of the molecule is Cc1nc2c3c(nn2c(C)c1Cl)CN(C(=O)c1ccccc1O[C@H]1CCC[C@@H]1O)C3. The van der Waals surface area contributed by atoms with Gasteiger partial charge < -0.3 is 14.7 Å². The number of aliphatic hydroxyl groups excluding tert-OH is 1. The van der Waals surface area contributed by atoms with E-state index in [9.17, 15) is 9.90 Å². The summed E-state index contributed by atoms with van der Waals surface area (Å²) in [5, 5.41) is 15.4. The predicted octanol–water partition coefficient (Wildman–Crippen LogP) is 3.45. The number of benzene rings is 1. The average molecular weight is 427 g/mol. The molecule has 0 bridgehead atoms. The van der Waals surface area contributed by atoms with Crippen molar-refractivity contribution in [2.75, 3.05) is 0 Å². The quantitative estimate of drug-likeness (QED) is 0.693. The molecule has 8 heteroatoms. The van der Waals surface area contributed by atoms with Crippen molar-refractivity contribution in [3.05, 3.63) is 57.5 Å². The first-order valence-electron chi connectivity index (χ1n) is 10.2. The number of nitrogens with zero attached hydrogens (tertiary/aromatic N) is 4. The van der Waals surface area contributed by atoms with Crippen LogP contribution in [-0.2, 0) is 13.1 Å². The van der Waals surface area contributed by atoms with Gasteiger partial charge in [0.1, 0.15) is 11.9 Å². The van der Waals surface area contributed by atoms with Crippen LogP contribution >= 0.6 is 11.6 Å².